The number of halogens is 2. The zero-order valence-electron chi connectivity index (χ0n) is 13.7. The summed E-state index contributed by atoms with van der Waals surface area (Å²) in [5.74, 6) is -1.88. The molecule has 1 aromatic carbocycles. The summed E-state index contributed by atoms with van der Waals surface area (Å²) >= 11 is 11.9. The van der Waals surface area contributed by atoms with E-state index in [1.807, 2.05) is 0 Å². The number of carbonyl (C=O) groups is 3. The molecule has 2 amide bonds. The minimum atomic E-state index is -0.990. The van der Waals surface area contributed by atoms with Crippen LogP contribution in [0.25, 0.3) is 0 Å². The van der Waals surface area contributed by atoms with Crippen LogP contribution in [0.2, 0.25) is 10.0 Å². The topological polar surface area (TPSA) is 86.7 Å². The first-order chi connectivity index (χ1) is 11.1. The molecule has 1 atom stereocenters. The predicted molar refractivity (Wildman–Crippen MR) is 92.5 cm³/mol. The molecule has 0 aliphatic rings. The Morgan fingerprint density at radius 2 is 1.83 bits per heavy atom. The standard InChI is InChI=1S/C16H20Cl2N2O4/c1-9(2)20(8-7-13(21)22)16(24)10(3)19-15(23)11-5-4-6-12(17)14(11)18/h4-6,9-10H,7-8H2,1-3H3,(H,19,23)(H,21,22). The third-order valence-corrected chi connectivity index (χ3v) is 4.21. The van der Waals surface area contributed by atoms with E-state index in [0.717, 1.165) is 0 Å². The van der Waals surface area contributed by atoms with E-state index in [0.29, 0.717) is 0 Å². The van der Waals surface area contributed by atoms with Gasteiger partial charge in [-0.05, 0) is 32.9 Å². The lowest BCUT2D eigenvalue weighted by Gasteiger charge is -2.29. The van der Waals surface area contributed by atoms with Gasteiger partial charge in [-0.15, -0.1) is 0 Å². The zero-order valence-corrected chi connectivity index (χ0v) is 15.2. The molecule has 1 unspecified atom stereocenters. The number of carboxylic acid groups (broad SMARTS) is 1. The van der Waals surface area contributed by atoms with Crippen molar-refractivity contribution in [3.8, 4) is 0 Å². The van der Waals surface area contributed by atoms with Gasteiger partial charge in [-0.2, -0.15) is 0 Å². The Morgan fingerprint density at radius 1 is 1.21 bits per heavy atom. The monoisotopic (exact) mass is 374 g/mol. The smallest absolute Gasteiger partial charge is 0.305 e. The summed E-state index contributed by atoms with van der Waals surface area (Å²) in [6, 6.07) is 3.63. The molecule has 0 saturated heterocycles. The van der Waals surface area contributed by atoms with E-state index in [1.165, 1.54) is 17.9 Å². The fourth-order valence-electron chi connectivity index (χ4n) is 2.10. The van der Waals surface area contributed by atoms with Crippen molar-refractivity contribution >= 4 is 41.0 Å². The van der Waals surface area contributed by atoms with Crippen LogP contribution in [-0.4, -0.2) is 46.4 Å². The van der Waals surface area contributed by atoms with Crippen LogP contribution in [0.1, 0.15) is 37.6 Å². The van der Waals surface area contributed by atoms with E-state index >= 15 is 0 Å². The molecule has 0 radical (unpaired) electrons. The maximum absolute atomic E-state index is 12.5. The minimum absolute atomic E-state index is 0.0734. The molecule has 0 aromatic heterocycles. The Bertz CT molecular complexity index is 635. The van der Waals surface area contributed by atoms with Crippen molar-refractivity contribution < 1.29 is 19.5 Å². The van der Waals surface area contributed by atoms with Gasteiger partial charge in [-0.1, -0.05) is 29.3 Å². The van der Waals surface area contributed by atoms with E-state index in [-0.39, 0.29) is 40.5 Å². The average molecular weight is 375 g/mol. The summed E-state index contributed by atoms with van der Waals surface area (Å²) in [5, 5.41) is 11.7. The van der Waals surface area contributed by atoms with Crippen LogP contribution in [-0.2, 0) is 9.59 Å². The van der Waals surface area contributed by atoms with Crippen LogP contribution in [0, 0.1) is 0 Å². The maximum Gasteiger partial charge on any atom is 0.305 e. The number of aliphatic carboxylic acids is 1. The number of nitrogens with zero attached hydrogens (tertiary/aromatic N) is 1. The Kier molecular flexibility index (Phi) is 7.51. The molecule has 6 nitrogen and oxygen atoms in total. The van der Waals surface area contributed by atoms with Crippen molar-refractivity contribution in [3.63, 3.8) is 0 Å². The first-order valence-electron chi connectivity index (χ1n) is 7.42. The number of hydrogen-bond acceptors (Lipinski definition) is 3. The molecule has 24 heavy (non-hydrogen) atoms. The summed E-state index contributed by atoms with van der Waals surface area (Å²) in [4.78, 5) is 36.9. The van der Waals surface area contributed by atoms with E-state index in [2.05, 4.69) is 5.32 Å². The Hall–Kier alpha value is -1.79. The van der Waals surface area contributed by atoms with Crippen LogP contribution in [0.4, 0.5) is 0 Å². The van der Waals surface area contributed by atoms with Gasteiger partial charge in [0.05, 0.1) is 22.0 Å². The van der Waals surface area contributed by atoms with Gasteiger partial charge < -0.3 is 15.3 Å². The Morgan fingerprint density at radius 3 is 2.38 bits per heavy atom. The lowest BCUT2D eigenvalue weighted by Crippen LogP contribution is -2.49. The van der Waals surface area contributed by atoms with E-state index in [1.54, 1.807) is 26.0 Å². The predicted octanol–water partition coefficient (Wildman–Crippen LogP) is 2.82. The number of amides is 2. The second-order valence-electron chi connectivity index (χ2n) is 5.57. The summed E-state index contributed by atoms with van der Waals surface area (Å²) < 4.78 is 0. The Labute approximate surface area is 150 Å². The number of nitrogens with one attached hydrogen (secondary N) is 1. The van der Waals surface area contributed by atoms with Crippen molar-refractivity contribution in [2.75, 3.05) is 6.54 Å². The molecule has 0 bridgehead atoms. The van der Waals surface area contributed by atoms with Gasteiger partial charge in [0, 0.05) is 12.6 Å². The van der Waals surface area contributed by atoms with Crippen LogP contribution in [0.5, 0.6) is 0 Å². The highest BCUT2D eigenvalue weighted by atomic mass is 35.5. The first kappa shape index (κ1) is 20.3. The fourth-order valence-corrected chi connectivity index (χ4v) is 2.49. The number of carbonyl (C=O) groups excluding carboxylic acids is 2. The lowest BCUT2D eigenvalue weighted by molar-refractivity contribution is -0.139. The SMILES string of the molecule is CC(NC(=O)c1cccc(Cl)c1Cl)C(=O)N(CCC(=O)O)C(C)C. The largest absolute Gasteiger partial charge is 0.481 e. The van der Waals surface area contributed by atoms with Crippen molar-refractivity contribution in [3.05, 3.63) is 33.8 Å². The molecule has 0 spiro atoms. The molecule has 0 saturated carbocycles. The molecule has 2 N–H and O–H groups in total. The number of benzene rings is 1. The molecule has 8 heteroatoms. The highest BCUT2D eigenvalue weighted by Gasteiger charge is 2.25. The number of rotatable bonds is 7. The minimum Gasteiger partial charge on any atom is -0.481 e. The van der Waals surface area contributed by atoms with Crippen molar-refractivity contribution in [1.82, 2.24) is 10.2 Å². The van der Waals surface area contributed by atoms with Gasteiger partial charge in [0.15, 0.2) is 0 Å². The van der Waals surface area contributed by atoms with Gasteiger partial charge in [0.2, 0.25) is 5.91 Å². The molecule has 0 heterocycles. The third-order valence-electron chi connectivity index (χ3n) is 3.39. The van der Waals surface area contributed by atoms with Gasteiger partial charge >= 0.3 is 5.97 Å². The molecular formula is C16H20Cl2N2O4. The van der Waals surface area contributed by atoms with Crippen LogP contribution in [0.3, 0.4) is 0 Å². The van der Waals surface area contributed by atoms with E-state index in [4.69, 9.17) is 28.3 Å². The van der Waals surface area contributed by atoms with Gasteiger partial charge in [-0.3, -0.25) is 14.4 Å². The summed E-state index contributed by atoms with van der Waals surface area (Å²) in [6.07, 6.45) is -0.162. The Balaban J connectivity index is 2.82. The van der Waals surface area contributed by atoms with Crippen LogP contribution < -0.4 is 5.32 Å². The fraction of sp³-hybridized carbons (Fsp3) is 0.438. The van der Waals surface area contributed by atoms with Crippen molar-refractivity contribution in [2.24, 2.45) is 0 Å². The highest BCUT2D eigenvalue weighted by Crippen LogP contribution is 2.25. The third kappa shape index (κ3) is 5.39. The van der Waals surface area contributed by atoms with Crippen LogP contribution in [0.15, 0.2) is 18.2 Å². The molecule has 132 valence electrons. The van der Waals surface area contributed by atoms with Crippen molar-refractivity contribution in [1.29, 1.82) is 0 Å². The highest BCUT2D eigenvalue weighted by molar-refractivity contribution is 6.43. The quantitative estimate of drug-likeness (QED) is 0.767. The number of carboxylic acids is 1. The van der Waals surface area contributed by atoms with Gasteiger partial charge in [0.1, 0.15) is 6.04 Å². The molecule has 0 fully saturated rings. The van der Waals surface area contributed by atoms with Gasteiger partial charge in [-0.25, -0.2) is 0 Å². The van der Waals surface area contributed by atoms with E-state index < -0.39 is 17.9 Å². The zero-order chi connectivity index (χ0) is 18.4. The number of hydrogen-bond donors (Lipinski definition) is 2. The average Bonchev–Trinajstić information content (AvgIpc) is 2.49. The first-order valence-corrected chi connectivity index (χ1v) is 8.17. The summed E-state index contributed by atoms with van der Waals surface area (Å²) in [5.41, 5.74) is 0.172. The second kappa shape index (κ2) is 8.89. The van der Waals surface area contributed by atoms with Crippen molar-refractivity contribution in [2.45, 2.75) is 39.3 Å². The summed E-state index contributed by atoms with van der Waals surface area (Å²) in [7, 11) is 0. The van der Waals surface area contributed by atoms with Gasteiger partial charge in [0.25, 0.3) is 5.91 Å². The molecular weight excluding hydrogens is 355 g/mol. The molecule has 0 aliphatic carbocycles. The maximum atomic E-state index is 12.5. The molecule has 1 rings (SSSR count). The molecule has 0 aliphatic heterocycles. The van der Waals surface area contributed by atoms with Crippen LogP contribution >= 0.6 is 23.2 Å². The molecule has 1 aromatic rings. The normalized spacial score (nSPS) is 11.9. The summed E-state index contributed by atoms with van der Waals surface area (Å²) in [6.45, 7) is 5.17. The van der Waals surface area contributed by atoms with E-state index in [9.17, 15) is 14.4 Å². The lowest BCUT2D eigenvalue weighted by atomic mass is 10.1. The second-order valence-corrected chi connectivity index (χ2v) is 6.35.